The lowest BCUT2D eigenvalue weighted by molar-refractivity contribution is -0.385. The van der Waals surface area contributed by atoms with Crippen molar-refractivity contribution in [3.05, 3.63) is 27.9 Å². The van der Waals surface area contributed by atoms with Gasteiger partial charge >= 0.3 is 0 Å². The monoisotopic (exact) mass is 239 g/mol. The van der Waals surface area contributed by atoms with Crippen LogP contribution in [0.1, 0.15) is 19.4 Å². The van der Waals surface area contributed by atoms with Gasteiger partial charge in [0.25, 0.3) is 5.69 Å². The first kappa shape index (κ1) is 13.4. The van der Waals surface area contributed by atoms with E-state index in [9.17, 15) is 10.1 Å². The number of hydrogen-bond donors (Lipinski definition) is 1. The molecule has 0 unspecified atom stereocenters. The van der Waals surface area contributed by atoms with Gasteiger partial charge in [0, 0.05) is 12.1 Å². The van der Waals surface area contributed by atoms with Crippen LogP contribution in [0.5, 0.6) is 0 Å². The smallest absolute Gasteiger partial charge is 0.290 e. The zero-order valence-electron chi connectivity index (χ0n) is 10.3. The van der Waals surface area contributed by atoms with Gasteiger partial charge in [-0.15, -0.1) is 0 Å². The fraction of sp³-hybridized carbons (Fsp3) is 0.545. The second kappa shape index (κ2) is 6.15. The number of aromatic nitrogens is 1. The Morgan fingerprint density at radius 1 is 1.59 bits per heavy atom. The summed E-state index contributed by atoms with van der Waals surface area (Å²) < 4.78 is 5.36. The number of nitrogens with one attached hydrogen (secondary N) is 1. The van der Waals surface area contributed by atoms with E-state index in [2.05, 4.69) is 10.3 Å². The normalized spacial score (nSPS) is 10.6. The number of hydrogen-bond acceptors (Lipinski definition) is 5. The third-order valence-electron chi connectivity index (χ3n) is 2.14. The third-order valence-corrected chi connectivity index (χ3v) is 2.14. The molecule has 0 fully saturated rings. The average molecular weight is 239 g/mol. The zero-order chi connectivity index (χ0) is 12.8. The Morgan fingerprint density at radius 3 is 2.82 bits per heavy atom. The molecule has 17 heavy (non-hydrogen) atoms. The molecular weight excluding hydrogens is 222 g/mol. The highest BCUT2D eigenvalue weighted by molar-refractivity contribution is 5.46. The molecule has 0 atom stereocenters. The van der Waals surface area contributed by atoms with Crippen molar-refractivity contribution in [1.82, 2.24) is 4.98 Å². The van der Waals surface area contributed by atoms with E-state index < -0.39 is 4.92 Å². The van der Waals surface area contributed by atoms with Crippen LogP contribution in [0.2, 0.25) is 0 Å². The molecule has 1 N–H and O–H groups in total. The lowest BCUT2D eigenvalue weighted by Gasteiger charge is -2.09. The van der Waals surface area contributed by atoms with E-state index in [1.165, 1.54) is 6.20 Å². The average Bonchev–Trinajstić information content (AvgIpc) is 2.23. The van der Waals surface area contributed by atoms with E-state index in [1.807, 2.05) is 13.8 Å². The Kier molecular flexibility index (Phi) is 4.84. The van der Waals surface area contributed by atoms with Crippen LogP contribution in [-0.4, -0.2) is 29.2 Å². The Morgan fingerprint density at radius 2 is 2.29 bits per heavy atom. The number of ether oxygens (including phenoxy) is 1. The lowest BCUT2D eigenvalue weighted by atomic mass is 10.2. The molecule has 0 saturated heterocycles. The summed E-state index contributed by atoms with van der Waals surface area (Å²) in [5.41, 5.74) is 0.631. The van der Waals surface area contributed by atoms with Crippen LogP contribution in [0, 0.1) is 17.0 Å². The first-order valence-corrected chi connectivity index (χ1v) is 5.47. The summed E-state index contributed by atoms with van der Waals surface area (Å²) in [5, 5.41) is 13.6. The predicted octanol–water partition coefficient (Wildman–Crippen LogP) is 2.14. The molecule has 1 aromatic rings. The number of pyridine rings is 1. The standard InChI is InChI=1S/C11H17N3O3/c1-8(2)17-5-4-12-11-6-9(3)10(7-13-11)14(15)16/h6-8H,4-5H2,1-3H3,(H,12,13). The quantitative estimate of drug-likeness (QED) is 0.467. The Hall–Kier alpha value is -1.69. The molecule has 1 rings (SSSR count). The maximum absolute atomic E-state index is 10.6. The van der Waals surface area contributed by atoms with Crippen LogP contribution < -0.4 is 5.32 Å². The van der Waals surface area contributed by atoms with Gasteiger partial charge in [0.15, 0.2) is 0 Å². The molecule has 0 radical (unpaired) electrons. The molecule has 1 heterocycles. The summed E-state index contributed by atoms with van der Waals surface area (Å²) in [7, 11) is 0. The molecule has 0 aromatic carbocycles. The SMILES string of the molecule is Cc1cc(NCCOC(C)C)ncc1[N+](=O)[O-]. The molecule has 0 aliphatic rings. The van der Waals surface area contributed by atoms with Gasteiger partial charge in [-0.05, 0) is 26.8 Å². The maximum Gasteiger partial charge on any atom is 0.290 e. The first-order valence-electron chi connectivity index (χ1n) is 5.47. The van der Waals surface area contributed by atoms with Crippen molar-refractivity contribution in [3.63, 3.8) is 0 Å². The Balaban J connectivity index is 2.50. The summed E-state index contributed by atoms with van der Waals surface area (Å²) in [6, 6.07) is 1.66. The van der Waals surface area contributed by atoms with Crippen molar-refractivity contribution in [3.8, 4) is 0 Å². The van der Waals surface area contributed by atoms with Gasteiger partial charge in [0.05, 0.1) is 17.6 Å². The minimum Gasteiger partial charge on any atom is -0.377 e. The Labute approximate surface area is 100 Å². The summed E-state index contributed by atoms with van der Waals surface area (Å²) in [6.45, 7) is 6.83. The maximum atomic E-state index is 10.6. The van der Waals surface area contributed by atoms with E-state index in [0.717, 1.165) is 0 Å². The van der Waals surface area contributed by atoms with Crippen LogP contribution in [-0.2, 0) is 4.74 Å². The molecule has 0 saturated carbocycles. The van der Waals surface area contributed by atoms with Crippen molar-refractivity contribution in [1.29, 1.82) is 0 Å². The molecule has 0 bridgehead atoms. The topological polar surface area (TPSA) is 77.3 Å². The summed E-state index contributed by atoms with van der Waals surface area (Å²) >= 11 is 0. The van der Waals surface area contributed by atoms with Crippen molar-refractivity contribution in [2.24, 2.45) is 0 Å². The highest BCUT2D eigenvalue weighted by Crippen LogP contribution is 2.18. The molecule has 6 nitrogen and oxygen atoms in total. The number of rotatable bonds is 6. The van der Waals surface area contributed by atoms with E-state index in [4.69, 9.17) is 4.74 Å². The largest absolute Gasteiger partial charge is 0.377 e. The van der Waals surface area contributed by atoms with E-state index in [1.54, 1.807) is 13.0 Å². The van der Waals surface area contributed by atoms with Crippen LogP contribution in [0.25, 0.3) is 0 Å². The van der Waals surface area contributed by atoms with Gasteiger partial charge in [-0.2, -0.15) is 0 Å². The van der Waals surface area contributed by atoms with Crippen molar-refractivity contribution in [2.75, 3.05) is 18.5 Å². The van der Waals surface area contributed by atoms with Crippen LogP contribution >= 0.6 is 0 Å². The third kappa shape index (κ3) is 4.36. The molecule has 94 valence electrons. The minimum absolute atomic E-state index is 0.0361. The summed E-state index contributed by atoms with van der Waals surface area (Å²) in [5.74, 6) is 0.625. The molecule has 0 aliphatic carbocycles. The zero-order valence-corrected chi connectivity index (χ0v) is 10.3. The van der Waals surface area contributed by atoms with Crippen LogP contribution in [0.15, 0.2) is 12.3 Å². The van der Waals surface area contributed by atoms with Gasteiger partial charge in [-0.1, -0.05) is 0 Å². The van der Waals surface area contributed by atoms with Crippen molar-refractivity contribution in [2.45, 2.75) is 26.9 Å². The van der Waals surface area contributed by atoms with Gasteiger partial charge in [-0.25, -0.2) is 4.98 Å². The number of nitro groups is 1. The number of aryl methyl sites for hydroxylation is 1. The number of nitrogens with zero attached hydrogens (tertiary/aromatic N) is 2. The second-order valence-electron chi connectivity index (χ2n) is 3.96. The Bertz CT molecular complexity index is 394. The van der Waals surface area contributed by atoms with E-state index in [-0.39, 0.29) is 11.8 Å². The fourth-order valence-corrected chi connectivity index (χ4v) is 1.31. The molecule has 0 spiro atoms. The molecule has 1 aromatic heterocycles. The second-order valence-corrected chi connectivity index (χ2v) is 3.96. The van der Waals surface area contributed by atoms with E-state index in [0.29, 0.717) is 24.5 Å². The molecule has 0 amide bonds. The first-order chi connectivity index (χ1) is 8.00. The number of anilines is 1. The molecule has 0 aliphatic heterocycles. The minimum atomic E-state index is -0.437. The highest BCUT2D eigenvalue weighted by atomic mass is 16.6. The van der Waals surface area contributed by atoms with Gasteiger partial charge < -0.3 is 10.1 Å². The van der Waals surface area contributed by atoms with Crippen molar-refractivity contribution < 1.29 is 9.66 Å². The predicted molar refractivity (Wildman–Crippen MR) is 65.2 cm³/mol. The molecular formula is C11H17N3O3. The fourth-order valence-electron chi connectivity index (χ4n) is 1.31. The van der Waals surface area contributed by atoms with E-state index >= 15 is 0 Å². The van der Waals surface area contributed by atoms with Crippen LogP contribution in [0.4, 0.5) is 11.5 Å². The van der Waals surface area contributed by atoms with Gasteiger partial charge in [0.2, 0.25) is 0 Å². The highest BCUT2D eigenvalue weighted by Gasteiger charge is 2.10. The lowest BCUT2D eigenvalue weighted by Crippen LogP contribution is -2.13. The van der Waals surface area contributed by atoms with Crippen LogP contribution in [0.3, 0.4) is 0 Å². The van der Waals surface area contributed by atoms with Gasteiger partial charge in [0.1, 0.15) is 12.0 Å². The summed E-state index contributed by atoms with van der Waals surface area (Å²) in [6.07, 6.45) is 1.46. The molecule has 6 heteroatoms. The summed E-state index contributed by atoms with van der Waals surface area (Å²) in [4.78, 5) is 14.1. The van der Waals surface area contributed by atoms with Crippen molar-refractivity contribution >= 4 is 11.5 Å². The van der Waals surface area contributed by atoms with Gasteiger partial charge in [-0.3, -0.25) is 10.1 Å².